The van der Waals surface area contributed by atoms with Crippen molar-refractivity contribution in [2.75, 3.05) is 18.1 Å². The maximum Gasteiger partial charge on any atom is 0.261 e. The fourth-order valence-corrected chi connectivity index (χ4v) is 2.03. The van der Waals surface area contributed by atoms with Crippen LogP contribution < -0.4 is 11.1 Å². The number of nitrogens with one attached hydrogen (secondary N) is 1. The second kappa shape index (κ2) is 4.30. The lowest BCUT2D eigenvalue weighted by Gasteiger charge is -2.06. The summed E-state index contributed by atoms with van der Waals surface area (Å²) in [5.41, 5.74) is 6.93. The Morgan fingerprint density at radius 3 is 2.65 bits per heavy atom. The van der Waals surface area contributed by atoms with E-state index in [1.807, 2.05) is 0 Å². The number of benzene rings is 1. The van der Waals surface area contributed by atoms with Crippen molar-refractivity contribution >= 4 is 29.3 Å². The van der Waals surface area contributed by atoms with E-state index in [0.29, 0.717) is 22.6 Å². The van der Waals surface area contributed by atoms with E-state index in [0.717, 1.165) is 4.90 Å². The van der Waals surface area contributed by atoms with Gasteiger partial charge >= 0.3 is 0 Å². The van der Waals surface area contributed by atoms with Crippen molar-refractivity contribution in [3.8, 4) is 0 Å². The fraction of sp³-hybridized carbons (Fsp3) is 0.0769. The van der Waals surface area contributed by atoms with E-state index in [9.17, 15) is 9.59 Å². The number of nitrogens with two attached hydrogens (primary N) is 1. The summed E-state index contributed by atoms with van der Waals surface area (Å²) in [6, 6.07) is 6.60. The van der Waals surface area contributed by atoms with Crippen LogP contribution in [-0.2, 0) is 0 Å². The highest BCUT2D eigenvalue weighted by molar-refractivity contribution is 6.21. The van der Waals surface area contributed by atoms with E-state index in [-0.39, 0.29) is 17.8 Å². The molecular formula is C13H11N5O2. The Labute approximate surface area is 114 Å². The molecule has 20 heavy (non-hydrogen) atoms. The second-order valence-electron chi connectivity index (χ2n) is 4.35. The monoisotopic (exact) mass is 269 g/mol. The van der Waals surface area contributed by atoms with Crippen LogP contribution >= 0.6 is 0 Å². The number of amides is 2. The first-order valence-electron chi connectivity index (χ1n) is 5.88. The molecule has 100 valence electrons. The van der Waals surface area contributed by atoms with Gasteiger partial charge in [0.25, 0.3) is 11.8 Å². The smallest absolute Gasteiger partial charge is 0.261 e. The minimum Gasteiger partial charge on any atom is -0.368 e. The number of fused-ring (bicyclic) bond motifs is 1. The average Bonchev–Trinajstić information content (AvgIpc) is 2.64. The summed E-state index contributed by atoms with van der Waals surface area (Å²) in [6.07, 6.45) is 1.53. The molecule has 1 aliphatic rings. The van der Waals surface area contributed by atoms with Crippen molar-refractivity contribution in [3.05, 3.63) is 41.6 Å². The highest BCUT2D eigenvalue weighted by Gasteiger charge is 2.32. The first-order valence-corrected chi connectivity index (χ1v) is 5.88. The summed E-state index contributed by atoms with van der Waals surface area (Å²) in [5, 5.41) is 3.01. The predicted octanol–water partition coefficient (Wildman–Crippen LogP) is 1.03. The zero-order chi connectivity index (χ0) is 14.3. The van der Waals surface area contributed by atoms with Gasteiger partial charge in [-0.2, -0.15) is 4.98 Å². The molecule has 1 aromatic heterocycles. The Balaban J connectivity index is 1.95. The Hall–Kier alpha value is -2.96. The number of nitrogens with zero attached hydrogens (tertiary/aromatic N) is 3. The van der Waals surface area contributed by atoms with Gasteiger partial charge in [0, 0.05) is 18.9 Å². The van der Waals surface area contributed by atoms with Crippen LogP contribution in [0.25, 0.3) is 0 Å². The van der Waals surface area contributed by atoms with Crippen LogP contribution in [0.3, 0.4) is 0 Å². The van der Waals surface area contributed by atoms with Crippen LogP contribution in [0.4, 0.5) is 17.5 Å². The summed E-state index contributed by atoms with van der Waals surface area (Å²) < 4.78 is 0. The zero-order valence-electron chi connectivity index (χ0n) is 10.6. The first-order chi connectivity index (χ1) is 9.56. The number of nitrogen functional groups attached to an aromatic ring is 1. The van der Waals surface area contributed by atoms with Gasteiger partial charge < -0.3 is 11.1 Å². The van der Waals surface area contributed by atoms with Crippen LogP contribution in [0.5, 0.6) is 0 Å². The van der Waals surface area contributed by atoms with E-state index < -0.39 is 0 Å². The number of hydrogen-bond acceptors (Lipinski definition) is 6. The van der Waals surface area contributed by atoms with E-state index in [1.165, 1.54) is 13.2 Å². The SMILES string of the molecule is CN1C(=O)c2ccc(Nc3ccnc(N)n3)cc2C1=O. The summed E-state index contributed by atoms with van der Waals surface area (Å²) in [6.45, 7) is 0. The van der Waals surface area contributed by atoms with Crippen LogP contribution in [0.2, 0.25) is 0 Å². The molecule has 0 bridgehead atoms. The van der Waals surface area contributed by atoms with Gasteiger partial charge in [0.1, 0.15) is 5.82 Å². The summed E-state index contributed by atoms with van der Waals surface area (Å²) in [5.74, 6) is 0.0726. The van der Waals surface area contributed by atoms with Gasteiger partial charge in [-0.15, -0.1) is 0 Å². The van der Waals surface area contributed by atoms with Crippen molar-refractivity contribution < 1.29 is 9.59 Å². The lowest BCUT2D eigenvalue weighted by molar-refractivity contribution is 0.0693. The molecule has 1 aliphatic heterocycles. The van der Waals surface area contributed by atoms with E-state index in [2.05, 4.69) is 15.3 Å². The number of aromatic nitrogens is 2. The van der Waals surface area contributed by atoms with Crippen molar-refractivity contribution in [1.29, 1.82) is 0 Å². The third kappa shape index (κ3) is 1.85. The molecule has 2 heterocycles. The average molecular weight is 269 g/mol. The van der Waals surface area contributed by atoms with Crippen molar-refractivity contribution in [1.82, 2.24) is 14.9 Å². The number of hydrogen-bond donors (Lipinski definition) is 2. The Kier molecular flexibility index (Phi) is 2.60. The second-order valence-corrected chi connectivity index (χ2v) is 4.35. The molecule has 0 fully saturated rings. The van der Waals surface area contributed by atoms with Gasteiger partial charge in [0.15, 0.2) is 0 Å². The molecule has 0 saturated carbocycles. The maximum absolute atomic E-state index is 11.9. The Morgan fingerprint density at radius 1 is 1.15 bits per heavy atom. The van der Waals surface area contributed by atoms with E-state index in [4.69, 9.17) is 5.73 Å². The molecule has 7 heteroatoms. The van der Waals surface area contributed by atoms with Crippen molar-refractivity contribution in [2.24, 2.45) is 0 Å². The number of carbonyl (C=O) groups excluding carboxylic acids is 2. The Morgan fingerprint density at radius 2 is 1.90 bits per heavy atom. The molecule has 2 amide bonds. The van der Waals surface area contributed by atoms with Gasteiger partial charge in [0.2, 0.25) is 5.95 Å². The summed E-state index contributed by atoms with van der Waals surface area (Å²) in [4.78, 5) is 32.6. The molecular weight excluding hydrogens is 258 g/mol. The zero-order valence-corrected chi connectivity index (χ0v) is 10.6. The quantitative estimate of drug-likeness (QED) is 0.789. The van der Waals surface area contributed by atoms with E-state index in [1.54, 1.807) is 24.3 Å². The van der Waals surface area contributed by atoms with Crippen molar-refractivity contribution in [2.45, 2.75) is 0 Å². The van der Waals surface area contributed by atoms with Crippen molar-refractivity contribution in [3.63, 3.8) is 0 Å². The van der Waals surface area contributed by atoms with Gasteiger partial charge in [-0.05, 0) is 24.3 Å². The van der Waals surface area contributed by atoms with Crippen LogP contribution in [0.15, 0.2) is 30.5 Å². The number of anilines is 3. The molecule has 0 radical (unpaired) electrons. The molecule has 3 rings (SSSR count). The summed E-state index contributed by atoms with van der Waals surface area (Å²) in [7, 11) is 1.46. The number of imide groups is 1. The molecule has 3 N–H and O–H groups in total. The maximum atomic E-state index is 11.9. The third-order valence-corrected chi connectivity index (χ3v) is 3.04. The lowest BCUT2D eigenvalue weighted by Crippen LogP contribution is -2.24. The minimum atomic E-state index is -0.309. The Bertz CT molecular complexity index is 728. The highest BCUT2D eigenvalue weighted by Crippen LogP contribution is 2.26. The molecule has 0 saturated heterocycles. The van der Waals surface area contributed by atoms with E-state index >= 15 is 0 Å². The number of carbonyl (C=O) groups is 2. The predicted molar refractivity (Wildman–Crippen MR) is 72.6 cm³/mol. The molecule has 7 nitrogen and oxygen atoms in total. The normalized spacial score (nSPS) is 13.6. The molecule has 0 aliphatic carbocycles. The third-order valence-electron chi connectivity index (χ3n) is 3.04. The molecule has 0 atom stereocenters. The topological polar surface area (TPSA) is 101 Å². The lowest BCUT2D eigenvalue weighted by atomic mass is 10.1. The summed E-state index contributed by atoms with van der Waals surface area (Å²) >= 11 is 0. The molecule has 0 unspecified atom stereocenters. The van der Waals surface area contributed by atoms with Gasteiger partial charge in [0.05, 0.1) is 11.1 Å². The molecule has 1 aromatic carbocycles. The van der Waals surface area contributed by atoms with Crippen LogP contribution in [0.1, 0.15) is 20.7 Å². The first kappa shape index (κ1) is 12.1. The van der Waals surface area contributed by atoms with Crippen LogP contribution in [0, 0.1) is 0 Å². The van der Waals surface area contributed by atoms with Gasteiger partial charge in [-0.3, -0.25) is 14.5 Å². The minimum absolute atomic E-state index is 0.155. The van der Waals surface area contributed by atoms with Crippen LogP contribution in [-0.4, -0.2) is 33.7 Å². The molecule has 0 spiro atoms. The highest BCUT2D eigenvalue weighted by atomic mass is 16.2. The standard InChI is InChI=1S/C13H11N5O2/c1-18-11(19)8-3-2-7(6-9(8)12(18)20)16-10-4-5-15-13(14)17-10/h2-6H,1H3,(H3,14,15,16,17). The largest absolute Gasteiger partial charge is 0.368 e. The van der Waals surface area contributed by atoms with Gasteiger partial charge in [-0.1, -0.05) is 0 Å². The number of rotatable bonds is 2. The van der Waals surface area contributed by atoms with Gasteiger partial charge in [-0.25, -0.2) is 4.98 Å². The molecule has 2 aromatic rings. The fourth-order valence-electron chi connectivity index (χ4n) is 2.03.